The predicted molar refractivity (Wildman–Crippen MR) is 70.9 cm³/mol. The smallest absolute Gasteiger partial charge is 0.0373 e. The topological polar surface area (TPSA) is 18.5 Å². The van der Waals surface area contributed by atoms with Gasteiger partial charge in [-0.25, -0.2) is 0 Å². The van der Waals surface area contributed by atoms with Crippen LogP contribution in [0.5, 0.6) is 0 Å². The van der Waals surface area contributed by atoms with E-state index in [1.165, 1.54) is 38.9 Å². The zero-order valence-electron chi connectivity index (χ0n) is 11.5. The molecule has 1 heterocycles. The molecule has 0 amide bonds. The van der Waals surface area contributed by atoms with Gasteiger partial charge in [0.25, 0.3) is 0 Å². The van der Waals surface area contributed by atoms with Gasteiger partial charge in [0.1, 0.15) is 0 Å². The van der Waals surface area contributed by atoms with Crippen molar-refractivity contribution in [2.75, 3.05) is 40.3 Å². The van der Waals surface area contributed by atoms with Crippen molar-refractivity contribution in [3.8, 4) is 0 Å². The molecule has 16 heavy (non-hydrogen) atoms. The highest BCUT2D eigenvalue weighted by Gasteiger charge is 2.26. The van der Waals surface area contributed by atoms with Gasteiger partial charge < -0.3 is 15.1 Å². The maximum atomic E-state index is 3.70. The van der Waals surface area contributed by atoms with Gasteiger partial charge in [0.15, 0.2) is 0 Å². The summed E-state index contributed by atoms with van der Waals surface area (Å²) in [4.78, 5) is 5.02. The van der Waals surface area contributed by atoms with Crippen LogP contribution in [-0.2, 0) is 0 Å². The number of nitrogens with zero attached hydrogens (tertiary/aromatic N) is 2. The van der Waals surface area contributed by atoms with Crippen LogP contribution < -0.4 is 5.32 Å². The van der Waals surface area contributed by atoms with E-state index < -0.39 is 0 Å². The first-order chi connectivity index (χ1) is 7.69. The highest BCUT2D eigenvalue weighted by atomic mass is 15.2. The maximum absolute atomic E-state index is 3.70. The maximum Gasteiger partial charge on any atom is 0.0373 e. The Labute approximate surface area is 101 Å². The van der Waals surface area contributed by atoms with Gasteiger partial charge in [-0.05, 0) is 53.0 Å². The van der Waals surface area contributed by atoms with Gasteiger partial charge in [-0.2, -0.15) is 0 Å². The monoisotopic (exact) mass is 227 g/mol. The minimum atomic E-state index is 0.644. The van der Waals surface area contributed by atoms with Gasteiger partial charge in [0, 0.05) is 18.6 Å². The van der Waals surface area contributed by atoms with Gasteiger partial charge in [0.2, 0.25) is 0 Å². The SMILES string of the molecule is CCCNC(CC)C1CN(C)CCCN1C. The Bertz CT molecular complexity index is 184. The Morgan fingerprint density at radius 1 is 1.25 bits per heavy atom. The summed E-state index contributed by atoms with van der Waals surface area (Å²) in [6, 6.07) is 1.31. The van der Waals surface area contributed by atoms with Crippen LogP contribution in [0.3, 0.4) is 0 Å². The summed E-state index contributed by atoms with van der Waals surface area (Å²) in [5, 5.41) is 3.70. The molecule has 0 aromatic rings. The molecule has 1 fully saturated rings. The molecule has 0 aliphatic carbocycles. The Kier molecular flexibility index (Phi) is 6.32. The van der Waals surface area contributed by atoms with Gasteiger partial charge in [0.05, 0.1) is 0 Å². The molecular formula is C13H29N3. The van der Waals surface area contributed by atoms with Crippen molar-refractivity contribution in [2.24, 2.45) is 0 Å². The zero-order valence-corrected chi connectivity index (χ0v) is 11.5. The van der Waals surface area contributed by atoms with E-state index in [-0.39, 0.29) is 0 Å². The van der Waals surface area contributed by atoms with Crippen molar-refractivity contribution in [2.45, 2.75) is 45.2 Å². The lowest BCUT2D eigenvalue weighted by Gasteiger charge is -2.34. The van der Waals surface area contributed by atoms with Gasteiger partial charge in [-0.3, -0.25) is 0 Å². The minimum absolute atomic E-state index is 0.644. The largest absolute Gasteiger partial charge is 0.312 e. The van der Waals surface area contributed by atoms with Crippen LogP contribution >= 0.6 is 0 Å². The molecule has 1 aliphatic heterocycles. The molecule has 0 aromatic carbocycles. The van der Waals surface area contributed by atoms with Crippen molar-refractivity contribution in [1.82, 2.24) is 15.1 Å². The van der Waals surface area contributed by atoms with E-state index in [9.17, 15) is 0 Å². The zero-order chi connectivity index (χ0) is 12.0. The fourth-order valence-electron chi connectivity index (χ4n) is 2.62. The predicted octanol–water partition coefficient (Wildman–Crippen LogP) is 1.40. The number of likely N-dealkylation sites (N-methyl/N-ethyl adjacent to an activating group) is 2. The summed E-state index contributed by atoms with van der Waals surface area (Å²) in [7, 11) is 4.53. The molecule has 2 unspecified atom stereocenters. The molecule has 2 atom stereocenters. The van der Waals surface area contributed by atoms with Crippen molar-refractivity contribution >= 4 is 0 Å². The van der Waals surface area contributed by atoms with Crippen LogP contribution in [-0.4, -0.2) is 62.2 Å². The number of nitrogens with one attached hydrogen (secondary N) is 1. The van der Waals surface area contributed by atoms with E-state index in [4.69, 9.17) is 0 Å². The van der Waals surface area contributed by atoms with Gasteiger partial charge in [-0.1, -0.05) is 13.8 Å². The first-order valence-corrected chi connectivity index (χ1v) is 6.81. The Morgan fingerprint density at radius 3 is 2.62 bits per heavy atom. The van der Waals surface area contributed by atoms with Crippen LogP contribution in [0.2, 0.25) is 0 Å². The average Bonchev–Trinajstić information content (AvgIpc) is 2.43. The molecule has 96 valence electrons. The number of hydrogen-bond acceptors (Lipinski definition) is 3. The van der Waals surface area contributed by atoms with Crippen molar-refractivity contribution < 1.29 is 0 Å². The Morgan fingerprint density at radius 2 is 2.00 bits per heavy atom. The highest BCUT2D eigenvalue weighted by Crippen LogP contribution is 2.12. The van der Waals surface area contributed by atoms with Gasteiger partial charge in [-0.15, -0.1) is 0 Å². The second-order valence-corrected chi connectivity index (χ2v) is 5.13. The lowest BCUT2D eigenvalue weighted by atomic mass is 10.0. The molecule has 3 heteroatoms. The van der Waals surface area contributed by atoms with E-state index >= 15 is 0 Å². The van der Waals surface area contributed by atoms with E-state index in [2.05, 4.69) is 43.1 Å². The molecule has 1 saturated heterocycles. The standard InChI is InChI=1S/C13H29N3/c1-5-8-14-12(6-2)13-11-15(3)9-7-10-16(13)4/h12-14H,5-11H2,1-4H3. The molecule has 0 bridgehead atoms. The normalized spacial score (nSPS) is 26.6. The van der Waals surface area contributed by atoms with Crippen molar-refractivity contribution in [3.05, 3.63) is 0 Å². The lowest BCUT2D eigenvalue weighted by Crippen LogP contribution is -2.52. The second-order valence-electron chi connectivity index (χ2n) is 5.13. The second kappa shape index (κ2) is 7.25. The molecule has 0 radical (unpaired) electrons. The number of rotatable bonds is 5. The average molecular weight is 227 g/mol. The summed E-state index contributed by atoms with van der Waals surface area (Å²) in [5.41, 5.74) is 0. The summed E-state index contributed by atoms with van der Waals surface area (Å²) in [5.74, 6) is 0. The molecule has 1 rings (SSSR count). The third-order valence-corrected chi connectivity index (χ3v) is 3.68. The summed E-state index contributed by atoms with van der Waals surface area (Å²) >= 11 is 0. The summed E-state index contributed by atoms with van der Waals surface area (Å²) in [6.45, 7) is 9.36. The van der Waals surface area contributed by atoms with Gasteiger partial charge >= 0.3 is 0 Å². The highest BCUT2D eigenvalue weighted by molar-refractivity contribution is 4.86. The van der Waals surface area contributed by atoms with E-state index in [0.717, 1.165) is 6.54 Å². The van der Waals surface area contributed by atoms with Crippen LogP contribution in [0.1, 0.15) is 33.1 Å². The lowest BCUT2D eigenvalue weighted by molar-refractivity contribution is 0.175. The molecule has 0 saturated carbocycles. The molecule has 0 aromatic heterocycles. The fraction of sp³-hybridized carbons (Fsp3) is 1.00. The molecule has 3 nitrogen and oxygen atoms in total. The van der Waals surface area contributed by atoms with E-state index in [1.807, 2.05) is 0 Å². The fourth-order valence-corrected chi connectivity index (χ4v) is 2.62. The molecule has 1 N–H and O–H groups in total. The Balaban J connectivity index is 2.56. The number of hydrogen-bond donors (Lipinski definition) is 1. The first-order valence-electron chi connectivity index (χ1n) is 6.81. The molecule has 1 aliphatic rings. The quantitative estimate of drug-likeness (QED) is 0.766. The summed E-state index contributed by atoms with van der Waals surface area (Å²) in [6.07, 6.45) is 3.75. The van der Waals surface area contributed by atoms with Crippen LogP contribution in [0.4, 0.5) is 0 Å². The summed E-state index contributed by atoms with van der Waals surface area (Å²) < 4.78 is 0. The van der Waals surface area contributed by atoms with E-state index in [0.29, 0.717) is 12.1 Å². The van der Waals surface area contributed by atoms with Crippen LogP contribution in [0.25, 0.3) is 0 Å². The third kappa shape index (κ3) is 4.04. The van der Waals surface area contributed by atoms with Crippen LogP contribution in [0.15, 0.2) is 0 Å². The minimum Gasteiger partial charge on any atom is -0.312 e. The molecule has 0 spiro atoms. The Hall–Kier alpha value is -0.120. The first kappa shape index (κ1) is 13.9. The molecular weight excluding hydrogens is 198 g/mol. The van der Waals surface area contributed by atoms with Crippen molar-refractivity contribution in [3.63, 3.8) is 0 Å². The third-order valence-electron chi connectivity index (χ3n) is 3.68. The van der Waals surface area contributed by atoms with Crippen LogP contribution in [0, 0.1) is 0 Å². The van der Waals surface area contributed by atoms with E-state index in [1.54, 1.807) is 0 Å². The van der Waals surface area contributed by atoms with Crippen molar-refractivity contribution in [1.29, 1.82) is 0 Å².